The number of primary amides is 1. The molecule has 0 aliphatic rings. The van der Waals surface area contributed by atoms with Gasteiger partial charge in [-0.2, -0.15) is 0 Å². The minimum Gasteiger partial charge on any atom is -0.508 e. The maximum Gasteiger partial charge on any atom is 0.248 e. The van der Waals surface area contributed by atoms with E-state index in [1.165, 1.54) is 12.1 Å². The Labute approximate surface area is 74.8 Å². The number of nitrogens with two attached hydrogens (primary N) is 1. The van der Waals surface area contributed by atoms with Crippen molar-refractivity contribution >= 4 is 17.5 Å². The highest BCUT2D eigenvalue weighted by Gasteiger charge is 2.07. The second-order valence-electron chi connectivity index (χ2n) is 2.47. The highest BCUT2D eigenvalue weighted by molar-refractivity contribution is 6.31. The molecule has 64 valence electrons. The molecule has 0 atom stereocenters. The summed E-state index contributed by atoms with van der Waals surface area (Å²) in [5, 5.41) is 9.57. The largest absolute Gasteiger partial charge is 0.508 e. The van der Waals surface area contributed by atoms with Gasteiger partial charge in [0.05, 0.1) is 0 Å². The first-order valence-electron chi connectivity index (χ1n) is 3.31. The first-order valence-corrected chi connectivity index (χ1v) is 3.69. The second-order valence-corrected chi connectivity index (χ2v) is 2.87. The number of halogens is 1. The molecule has 0 saturated heterocycles. The lowest BCUT2D eigenvalue weighted by Crippen LogP contribution is -2.10. The zero-order valence-corrected chi connectivity index (χ0v) is 7.22. The molecule has 1 rings (SSSR count). The summed E-state index contributed by atoms with van der Waals surface area (Å²) in [4.78, 5) is 10.7. The van der Waals surface area contributed by atoms with E-state index < -0.39 is 5.91 Å². The molecule has 4 heteroatoms. The van der Waals surface area contributed by atoms with E-state index in [-0.39, 0.29) is 11.3 Å². The molecule has 0 heterocycles. The van der Waals surface area contributed by atoms with E-state index in [4.69, 9.17) is 17.3 Å². The molecule has 1 aromatic carbocycles. The van der Waals surface area contributed by atoms with E-state index in [9.17, 15) is 9.90 Å². The third-order valence-electron chi connectivity index (χ3n) is 1.60. The number of phenols is 1. The van der Waals surface area contributed by atoms with Crippen molar-refractivity contribution in [3.05, 3.63) is 28.3 Å². The first-order chi connectivity index (χ1) is 5.52. The van der Waals surface area contributed by atoms with Crippen molar-refractivity contribution in [3.63, 3.8) is 0 Å². The van der Waals surface area contributed by atoms with Crippen LogP contribution in [-0.4, -0.2) is 11.0 Å². The predicted octanol–water partition coefficient (Wildman–Crippen LogP) is 1.45. The molecule has 3 nitrogen and oxygen atoms in total. The molecular weight excluding hydrogens is 178 g/mol. The number of benzene rings is 1. The highest BCUT2D eigenvalue weighted by atomic mass is 35.5. The Morgan fingerprint density at radius 1 is 1.58 bits per heavy atom. The molecule has 1 aromatic rings. The maximum atomic E-state index is 10.7. The quantitative estimate of drug-likeness (QED) is 0.696. The number of hydrogen-bond acceptors (Lipinski definition) is 2. The normalized spacial score (nSPS) is 9.83. The number of hydrogen-bond donors (Lipinski definition) is 2. The van der Waals surface area contributed by atoms with Crippen LogP contribution in [-0.2, 0) is 0 Å². The van der Waals surface area contributed by atoms with Gasteiger partial charge >= 0.3 is 0 Å². The Hall–Kier alpha value is -1.22. The molecule has 1 amide bonds. The van der Waals surface area contributed by atoms with Crippen LogP contribution in [0, 0.1) is 6.92 Å². The van der Waals surface area contributed by atoms with Gasteiger partial charge in [0.2, 0.25) is 5.91 Å². The Morgan fingerprint density at radius 3 is 2.58 bits per heavy atom. The Bertz CT molecular complexity index is 313. The summed E-state index contributed by atoms with van der Waals surface area (Å²) in [6.45, 7) is 1.66. The highest BCUT2D eigenvalue weighted by Crippen LogP contribution is 2.25. The molecule has 0 fully saturated rings. The Kier molecular flexibility index (Phi) is 2.24. The van der Waals surface area contributed by atoms with Gasteiger partial charge in [-0.1, -0.05) is 11.6 Å². The first kappa shape index (κ1) is 8.87. The van der Waals surface area contributed by atoms with Gasteiger partial charge in [0.15, 0.2) is 0 Å². The van der Waals surface area contributed by atoms with E-state index in [1.807, 2.05) is 0 Å². The standard InChI is InChI=1S/C8H8ClNO2/c1-4-6(9)2-5(8(10)12)3-7(4)11/h2-3,11H,1H3,(H2,10,12). The monoisotopic (exact) mass is 185 g/mol. The molecular formula is C8H8ClNO2. The van der Waals surface area contributed by atoms with Gasteiger partial charge in [0.25, 0.3) is 0 Å². The van der Waals surface area contributed by atoms with E-state index in [1.54, 1.807) is 6.92 Å². The SMILES string of the molecule is Cc1c(O)cc(C(N)=O)cc1Cl. The van der Waals surface area contributed by atoms with Gasteiger partial charge in [-0.3, -0.25) is 4.79 Å². The van der Waals surface area contributed by atoms with E-state index in [0.717, 1.165) is 0 Å². The number of rotatable bonds is 1. The van der Waals surface area contributed by atoms with Crippen LogP contribution in [0.4, 0.5) is 0 Å². The smallest absolute Gasteiger partial charge is 0.248 e. The number of aromatic hydroxyl groups is 1. The van der Waals surface area contributed by atoms with Crippen molar-refractivity contribution in [1.29, 1.82) is 0 Å². The molecule has 0 spiro atoms. The Morgan fingerprint density at radius 2 is 2.17 bits per heavy atom. The average molecular weight is 186 g/mol. The molecule has 0 saturated carbocycles. The van der Waals surface area contributed by atoms with E-state index in [2.05, 4.69) is 0 Å². The van der Waals surface area contributed by atoms with Crippen LogP contribution in [0.3, 0.4) is 0 Å². The molecule has 0 bridgehead atoms. The number of carbonyl (C=O) groups is 1. The summed E-state index contributed by atoms with van der Waals surface area (Å²) >= 11 is 5.70. The van der Waals surface area contributed by atoms with Gasteiger partial charge < -0.3 is 10.8 Å². The van der Waals surface area contributed by atoms with Crippen molar-refractivity contribution in [2.45, 2.75) is 6.92 Å². The van der Waals surface area contributed by atoms with E-state index >= 15 is 0 Å². The van der Waals surface area contributed by atoms with Crippen LogP contribution < -0.4 is 5.73 Å². The van der Waals surface area contributed by atoms with Crippen molar-refractivity contribution in [3.8, 4) is 5.75 Å². The predicted molar refractivity (Wildman–Crippen MR) is 46.4 cm³/mol. The van der Waals surface area contributed by atoms with Crippen LogP contribution in [0.25, 0.3) is 0 Å². The Balaban J connectivity index is 3.31. The van der Waals surface area contributed by atoms with Gasteiger partial charge in [-0.25, -0.2) is 0 Å². The fraction of sp³-hybridized carbons (Fsp3) is 0.125. The van der Waals surface area contributed by atoms with Crippen LogP contribution in [0.2, 0.25) is 5.02 Å². The lowest BCUT2D eigenvalue weighted by atomic mass is 10.1. The maximum absolute atomic E-state index is 10.7. The summed E-state index contributed by atoms with van der Waals surface area (Å²) in [6, 6.07) is 2.72. The number of phenolic OH excluding ortho intramolecular Hbond substituents is 1. The molecule has 3 N–H and O–H groups in total. The van der Waals surface area contributed by atoms with Crippen LogP contribution in [0.15, 0.2) is 12.1 Å². The van der Waals surface area contributed by atoms with Gasteiger partial charge in [0, 0.05) is 16.1 Å². The van der Waals surface area contributed by atoms with Gasteiger partial charge in [0.1, 0.15) is 5.75 Å². The van der Waals surface area contributed by atoms with E-state index in [0.29, 0.717) is 10.6 Å². The van der Waals surface area contributed by atoms with Crippen molar-refractivity contribution in [1.82, 2.24) is 0 Å². The minimum atomic E-state index is -0.604. The van der Waals surface area contributed by atoms with Crippen molar-refractivity contribution in [2.24, 2.45) is 5.73 Å². The summed E-state index contributed by atoms with van der Waals surface area (Å²) in [7, 11) is 0. The lowest BCUT2D eigenvalue weighted by molar-refractivity contribution is 0.1000. The summed E-state index contributed by atoms with van der Waals surface area (Å²) in [5.74, 6) is -0.622. The number of amides is 1. The zero-order valence-electron chi connectivity index (χ0n) is 6.47. The molecule has 0 radical (unpaired) electrons. The average Bonchev–Trinajstić information content (AvgIpc) is 1.99. The third-order valence-corrected chi connectivity index (χ3v) is 1.99. The molecule has 0 unspecified atom stereocenters. The second kappa shape index (κ2) is 3.03. The third kappa shape index (κ3) is 1.51. The van der Waals surface area contributed by atoms with Gasteiger partial charge in [-0.05, 0) is 19.1 Å². The fourth-order valence-corrected chi connectivity index (χ4v) is 1.02. The molecule has 0 aliphatic heterocycles. The topological polar surface area (TPSA) is 63.3 Å². The number of carbonyl (C=O) groups excluding carboxylic acids is 1. The molecule has 0 aromatic heterocycles. The summed E-state index contributed by atoms with van der Waals surface area (Å²) in [6.07, 6.45) is 0. The summed E-state index contributed by atoms with van der Waals surface area (Å²) in [5.41, 5.74) is 5.75. The lowest BCUT2D eigenvalue weighted by Gasteiger charge is -2.02. The minimum absolute atomic E-state index is 0.0173. The fourth-order valence-electron chi connectivity index (χ4n) is 0.807. The molecule has 0 aliphatic carbocycles. The zero-order chi connectivity index (χ0) is 9.30. The van der Waals surface area contributed by atoms with Crippen LogP contribution in [0.1, 0.15) is 15.9 Å². The summed E-state index contributed by atoms with van der Waals surface area (Å²) < 4.78 is 0. The molecule has 12 heavy (non-hydrogen) atoms. The van der Waals surface area contributed by atoms with Gasteiger partial charge in [-0.15, -0.1) is 0 Å². The van der Waals surface area contributed by atoms with Crippen LogP contribution in [0.5, 0.6) is 5.75 Å². The van der Waals surface area contributed by atoms with Crippen molar-refractivity contribution < 1.29 is 9.90 Å². The van der Waals surface area contributed by atoms with Crippen LogP contribution >= 0.6 is 11.6 Å². The van der Waals surface area contributed by atoms with Crippen molar-refractivity contribution in [2.75, 3.05) is 0 Å².